The molecule has 0 spiro atoms. The third-order valence-electron chi connectivity index (χ3n) is 2.69. The molecule has 0 saturated carbocycles. The Bertz CT molecular complexity index is 673. The van der Waals surface area contributed by atoms with Gasteiger partial charge in [0, 0.05) is 6.42 Å². The van der Waals surface area contributed by atoms with E-state index in [4.69, 9.17) is 9.84 Å². The number of ether oxygens (including phenoxy) is 1. The molecule has 1 amide bonds. The van der Waals surface area contributed by atoms with E-state index in [2.05, 4.69) is 0 Å². The number of amides is 1. The lowest BCUT2D eigenvalue weighted by Gasteiger charge is -2.26. The fraction of sp³-hybridized carbons (Fsp3) is 0.467. The molecule has 0 heterocycles. The molecule has 7 nitrogen and oxygen atoms in total. The molecule has 0 aliphatic carbocycles. The first-order chi connectivity index (χ1) is 10.4. The first-order valence-corrected chi connectivity index (χ1v) is 8.79. The predicted molar refractivity (Wildman–Crippen MR) is 86.0 cm³/mol. The van der Waals surface area contributed by atoms with Gasteiger partial charge in [-0.2, -0.15) is 4.31 Å². The highest BCUT2D eigenvalue weighted by Crippen LogP contribution is 2.22. The number of sulfonamides is 1. The zero-order valence-electron chi connectivity index (χ0n) is 13.6. The standard InChI is InChI=1S/C15H21NO6S/c1-15(2,3)22-14(19)16(23(4,20)21)12-8-5-11(6-9-12)7-10-13(17)18/h5-6,8-9H,7,10H2,1-4H3,(H,17,18). The molecule has 0 atom stereocenters. The smallest absolute Gasteiger partial charge is 0.428 e. The number of benzene rings is 1. The molecule has 23 heavy (non-hydrogen) atoms. The van der Waals surface area contributed by atoms with Gasteiger partial charge in [-0.15, -0.1) is 0 Å². The van der Waals surface area contributed by atoms with Crippen molar-refractivity contribution in [2.24, 2.45) is 0 Å². The number of hydrogen-bond acceptors (Lipinski definition) is 5. The zero-order valence-corrected chi connectivity index (χ0v) is 14.4. The average molecular weight is 343 g/mol. The topological polar surface area (TPSA) is 101 Å². The first-order valence-electron chi connectivity index (χ1n) is 6.94. The number of anilines is 1. The normalized spacial score (nSPS) is 11.8. The van der Waals surface area contributed by atoms with Crippen molar-refractivity contribution < 1.29 is 27.9 Å². The Hall–Kier alpha value is -2.09. The van der Waals surface area contributed by atoms with Crippen LogP contribution >= 0.6 is 0 Å². The molecule has 1 aromatic carbocycles. The van der Waals surface area contributed by atoms with Crippen LogP contribution in [0.5, 0.6) is 0 Å². The number of hydrogen-bond donors (Lipinski definition) is 1. The van der Waals surface area contributed by atoms with Gasteiger partial charge in [0.2, 0.25) is 10.0 Å². The third-order valence-corrected chi connectivity index (χ3v) is 3.71. The molecule has 1 N–H and O–H groups in total. The lowest BCUT2D eigenvalue weighted by atomic mass is 10.1. The van der Waals surface area contributed by atoms with E-state index in [1.165, 1.54) is 12.1 Å². The number of carboxylic acids is 1. The summed E-state index contributed by atoms with van der Waals surface area (Å²) in [6, 6.07) is 6.06. The molecular formula is C15H21NO6S. The van der Waals surface area contributed by atoms with Gasteiger partial charge in [0.05, 0.1) is 11.9 Å². The summed E-state index contributed by atoms with van der Waals surface area (Å²) in [6.45, 7) is 4.92. The van der Waals surface area contributed by atoms with Gasteiger partial charge < -0.3 is 9.84 Å². The van der Waals surface area contributed by atoms with E-state index in [1.54, 1.807) is 32.9 Å². The highest BCUT2D eigenvalue weighted by Gasteiger charge is 2.30. The van der Waals surface area contributed by atoms with Crippen LogP contribution in [0.3, 0.4) is 0 Å². The van der Waals surface area contributed by atoms with Crippen LogP contribution in [0.4, 0.5) is 10.5 Å². The number of carbonyl (C=O) groups excluding carboxylic acids is 1. The second-order valence-electron chi connectivity index (χ2n) is 6.07. The van der Waals surface area contributed by atoms with Crippen LogP contribution < -0.4 is 4.31 Å². The van der Waals surface area contributed by atoms with Crippen molar-refractivity contribution in [3.05, 3.63) is 29.8 Å². The fourth-order valence-corrected chi connectivity index (χ4v) is 2.60. The van der Waals surface area contributed by atoms with Crippen molar-refractivity contribution >= 4 is 27.8 Å². The van der Waals surface area contributed by atoms with Crippen molar-refractivity contribution in [2.75, 3.05) is 10.6 Å². The van der Waals surface area contributed by atoms with Gasteiger partial charge in [0.25, 0.3) is 0 Å². The Morgan fingerprint density at radius 2 is 1.70 bits per heavy atom. The third kappa shape index (κ3) is 6.27. The molecule has 0 bridgehead atoms. The second-order valence-corrected chi connectivity index (χ2v) is 7.90. The maximum atomic E-state index is 12.2. The largest absolute Gasteiger partial charge is 0.481 e. The van der Waals surface area contributed by atoms with E-state index < -0.39 is 27.7 Å². The minimum atomic E-state index is -3.86. The van der Waals surface area contributed by atoms with Gasteiger partial charge in [0.1, 0.15) is 5.60 Å². The van der Waals surface area contributed by atoms with Crippen LogP contribution in [0.25, 0.3) is 0 Å². The molecule has 128 valence electrons. The van der Waals surface area contributed by atoms with E-state index in [0.29, 0.717) is 10.7 Å². The van der Waals surface area contributed by atoms with Gasteiger partial charge in [-0.25, -0.2) is 13.2 Å². The van der Waals surface area contributed by atoms with Crippen molar-refractivity contribution in [2.45, 2.75) is 39.2 Å². The molecule has 0 radical (unpaired) electrons. The summed E-state index contributed by atoms with van der Waals surface area (Å²) in [4.78, 5) is 22.7. The average Bonchev–Trinajstić information content (AvgIpc) is 2.34. The summed E-state index contributed by atoms with van der Waals surface area (Å²) in [6.07, 6.45) is 0.218. The zero-order chi connectivity index (χ0) is 17.8. The van der Waals surface area contributed by atoms with Gasteiger partial charge in [0.15, 0.2) is 0 Å². The van der Waals surface area contributed by atoms with Gasteiger partial charge in [-0.1, -0.05) is 12.1 Å². The van der Waals surface area contributed by atoms with Crippen molar-refractivity contribution in [1.82, 2.24) is 0 Å². The quantitative estimate of drug-likeness (QED) is 0.881. The highest BCUT2D eigenvalue weighted by atomic mass is 32.2. The maximum Gasteiger partial charge on any atom is 0.428 e. The van der Waals surface area contributed by atoms with Crippen LogP contribution in [0.1, 0.15) is 32.8 Å². The van der Waals surface area contributed by atoms with E-state index in [9.17, 15) is 18.0 Å². The first kappa shape index (κ1) is 19.0. The lowest BCUT2D eigenvalue weighted by Crippen LogP contribution is -2.40. The molecule has 0 unspecified atom stereocenters. The molecule has 1 rings (SSSR count). The number of aliphatic carboxylic acids is 1. The van der Waals surface area contributed by atoms with E-state index in [-0.39, 0.29) is 12.1 Å². The van der Waals surface area contributed by atoms with Crippen LogP contribution in [0, 0.1) is 0 Å². The number of rotatable bonds is 5. The number of carboxylic acid groups (broad SMARTS) is 1. The Morgan fingerprint density at radius 1 is 1.17 bits per heavy atom. The Morgan fingerprint density at radius 3 is 2.09 bits per heavy atom. The number of aryl methyl sites for hydroxylation is 1. The summed E-state index contributed by atoms with van der Waals surface area (Å²) in [5, 5.41) is 8.66. The SMILES string of the molecule is CC(C)(C)OC(=O)N(c1ccc(CCC(=O)O)cc1)S(C)(=O)=O. The van der Waals surface area contributed by atoms with E-state index in [0.717, 1.165) is 11.8 Å². The fourth-order valence-electron chi connectivity index (χ4n) is 1.78. The van der Waals surface area contributed by atoms with Crippen LogP contribution in [-0.2, 0) is 26.0 Å². The molecule has 0 fully saturated rings. The summed E-state index contributed by atoms with van der Waals surface area (Å²) in [7, 11) is -3.86. The van der Waals surface area contributed by atoms with E-state index >= 15 is 0 Å². The van der Waals surface area contributed by atoms with Crippen LogP contribution in [0.15, 0.2) is 24.3 Å². The highest BCUT2D eigenvalue weighted by molar-refractivity contribution is 7.92. The minimum Gasteiger partial charge on any atom is -0.481 e. The Balaban J connectivity index is 3.05. The summed E-state index contributed by atoms with van der Waals surface area (Å²) < 4.78 is 29.5. The minimum absolute atomic E-state index is 0.0266. The molecule has 0 aromatic heterocycles. The summed E-state index contributed by atoms with van der Waals surface area (Å²) in [5.41, 5.74) is 0.0381. The second kappa shape index (κ2) is 6.99. The summed E-state index contributed by atoms with van der Waals surface area (Å²) in [5.74, 6) is -0.916. The van der Waals surface area contributed by atoms with Crippen molar-refractivity contribution in [3.63, 3.8) is 0 Å². The molecule has 0 saturated heterocycles. The molecule has 1 aromatic rings. The lowest BCUT2D eigenvalue weighted by molar-refractivity contribution is -0.136. The maximum absolute atomic E-state index is 12.2. The molecule has 8 heteroatoms. The number of carbonyl (C=O) groups is 2. The molecule has 0 aliphatic heterocycles. The monoisotopic (exact) mass is 343 g/mol. The predicted octanol–water partition coefficient (Wildman–Crippen LogP) is 2.40. The molecular weight excluding hydrogens is 322 g/mol. The Kier molecular flexibility index (Phi) is 5.76. The summed E-state index contributed by atoms with van der Waals surface area (Å²) >= 11 is 0. The Labute approximate surface area is 135 Å². The molecule has 0 aliphatic rings. The number of nitrogens with zero attached hydrogens (tertiary/aromatic N) is 1. The van der Waals surface area contributed by atoms with Crippen LogP contribution in [-0.4, -0.2) is 37.4 Å². The van der Waals surface area contributed by atoms with Gasteiger partial charge in [-0.3, -0.25) is 4.79 Å². The van der Waals surface area contributed by atoms with Crippen molar-refractivity contribution in [3.8, 4) is 0 Å². The van der Waals surface area contributed by atoms with Crippen LogP contribution in [0.2, 0.25) is 0 Å². The van der Waals surface area contributed by atoms with Gasteiger partial charge in [-0.05, 0) is 44.9 Å². The van der Waals surface area contributed by atoms with E-state index in [1.807, 2.05) is 0 Å². The van der Waals surface area contributed by atoms with Crippen molar-refractivity contribution in [1.29, 1.82) is 0 Å². The van der Waals surface area contributed by atoms with Gasteiger partial charge >= 0.3 is 12.1 Å².